The number of carbonyl (C=O) groups is 2. The Hall–Kier alpha value is -1.88. The topological polar surface area (TPSA) is 105 Å². The lowest BCUT2D eigenvalue weighted by molar-refractivity contribution is -0.118. The quantitative estimate of drug-likeness (QED) is 0.285. The lowest BCUT2D eigenvalue weighted by Gasteiger charge is -2.31. The van der Waals surface area contributed by atoms with Crippen molar-refractivity contribution in [3.8, 4) is 5.75 Å². The maximum absolute atomic E-state index is 13.1. The standard InChI is InChI=1S/C25H36ClN3O6S/c26-22-7-6-20(14-23(22)35-17-19-4-5-19)21(15-28-9-11-34-12-10-28)18-36(32,33)13-3-1-2-8-29-16-24(30)27-25(29)31/h6-7,14,19,21H,1-5,8-13,15-18H2,(H,27,30,31)/t21-/m0/s1. The summed E-state index contributed by atoms with van der Waals surface area (Å²) in [4.78, 5) is 26.6. The minimum absolute atomic E-state index is 0.0527. The molecule has 3 amide bonds. The zero-order valence-electron chi connectivity index (χ0n) is 20.6. The van der Waals surface area contributed by atoms with E-state index in [9.17, 15) is 18.0 Å². The van der Waals surface area contributed by atoms with E-state index in [1.807, 2.05) is 12.1 Å². The van der Waals surface area contributed by atoms with Crippen molar-refractivity contribution in [3.05, 3.63) is 28.8 Å². The van der Waals surface area contributed by atoms with Crippen molar-refractivity contribution in [2.75, 3.05) is 64.1 Å². The number of amides is 3. The van der Waals surface area contributed by atoms with Gasteiger partial charge in [-0.05, 0) is 49.3 Å². The highest BCUT2D eigenvalue weighted by Crippen LogP contribution is 2.34. The maximum atomic E-state index is 13.1. The summed E-state index contributed by atoms with van der Waals surface area (Å²) in [7, 11) is -3.32. The predicted molar refractivity (Wildman–Crippen MR) is 137 cm³/mol. The molecule has 11 heteroatoms. The number of sulfone groups is 1. The van der Waals surface area contributed by atoms with Gasteiger partial charge in [0.2, 0.25) is 5.91 Å². The van der Waals surface area contributed by atoms with Crippen molar-refractivity contribution in [2.24, 2.45) is 5.92 Å². The average Bonchev–Trinajstić information content (AvgIpc) is 3.61. The number of carbonyl (C=O) groups excluding carboxylic acids is 2. The molecule has 2 saturated heterocycles. The molecule has 0 spiro atoms. The van der Waals surface area contributed by atoms with E-state index < -0.39 is 9.84 Å². The molecule has 1 saturated carbocycles. The third-order valence-electron chi connectivity index (χ3n) is 6.89. The van der Waals surface area contributed by atoms with Crippen LogP contribution in [0.1, 0.15) is 43.6 Å². The number of morpholine rings is 1. The number of hydrogen-bond donors (Lipinski definition) is 1. The Morgan fingerprint density at radius 1 is 1.14 bits per heavy atom. The van der Waals surface area contributed by atoms with E-state index in [0.29, 0.717) is 68.9 Å². The number of hydrogen-bond acceptors (Lipinski definition) is 7. The molecule has 1 aromatic rings. The highest BCUT2D eigenvalue weighted by atomic mass is 35.5. The molecule has 1 atom stereocenters. The first kappa shape index (κ1) is 27.2. The largest absolute Gasteiger partial charge is 0.492 e. The van der Waals surface area contributed by atoms with Crippen LogP contribution in [0.4, 0.5) is 4.79 Å². The van der Waals surface area contributed by atoms with Crippen molar-refractivity contribution < 1.29 is 27.5 Å². The van der Waals surface area contributed by atoms with E-state index in [1.54, 1.807) is 6.07 Å². The second-order valence-corrected chi connectivity index (χ2v) is 12.6. The molecule has 36 heavy (non-hydrogen) atoms. The van der Waals surface area contributed by atoms with Crippen LogP contribution in [0.15, 0.2) is 18.2 Å². The van der Waals surface area contributed by atoms with E-state index in [-0.39, 0.29) is 35.9 Å². The van der Waals surface area contributed by atoms with Crippen LogP contribution in [-0.4, -0.2) is 94.2 Å². The van der Waals surface area contributed by atoms with E-state index in [2.05, 4.69) is 10.2 Å². The third kappa shape index (κ3) is 8.33. The fourth-order valence-corrected chi connectivity index (χ4v) is 6.47. The summed E-state index contributed by atoms with van der Waals surface area (Å²) < 4.78 is 37.7. The highest BCUT2D eigenvalue weighted by Gasteiger charge is 2.27. The first-order chi connectivity index (χ1) is 17.3. The molecule has 3 aliphatic rings. The molecule has 4 rings (SSSR count). The second-order valence-electron chi connectivity index (χ2n) is 10.0. The first-order valence-corrected chi connectivity index (χ1v) is 15.0. The summed E-state index contributed by atoms with van der Waals surface area (Å²) >= 11 is 6.37. The number of urea groups is 1. The molecule has 0 unspecified atom stereocenters. The van der Waals surface area contributed by atoms with Gasteiger partial charge in [-0.15, -0.1) is 0 Å². The Balaban J connectivity index is 1.34. The normalized spacial score (nSPS) is 20.0. The molecule has 9 nitrogen and oxygen atoms in total. The van der Waals surface area contributed by atoms with Crippen LogP contribution in [0.5, 0.6) is 5.75 Å². The molecule has 0 radical (unpaired) electrons. The molecular weight excluding hydrogens is 506 g/mol. The van der Waals surface area contributed by atoms with E-state index in [4.69, 9.17) is 21.1 Å². The highest BCUT2D eigenvalue weighted by molar-refractivity contribution is 7.91. The average molecular weight is 542 g/mol. The smallest absolute Gasteiger partial charge is 0.324 e. The number of unbranched alkanes of at least 4 members (excludes halogenated alkanes) is 2. The zero-order valence-corrected chi connectivity index (χ0v) is 22.2. The molecule has 3 fully saturated rings. The molecular formula is C25H36ClN3O6S. The van der Waals surface area contributed by atoms with Crippen LogP contribution in [0, 0.1) is 5.92 Å². The monoisotopic (exact) mass is 541 g/mol. The van der Waals surface area contributed by atoms with Crippen LogP contribution in [0.25, 0.3) is 0 Å². The van der Waals surface area contributed by atoms with Gasteiger partial charge >= 0.3 is 6.03 Å². The number of imide groups is 1. The van der Waals surface area contributed by atoms with Gasteiger partial charge < -0.3 is 14.4 Å². The molecule has 2 aliphatic heterocycles. The summed E-state index contributed by atoms with van der Waals surface area (Å²) in [6.45, 7) is 4.66. The van der Waals surface area contributed by atoms with E-state index in [1.165, 1.54) is 17.7 Å². The van der Waals surface area contributed by atoms with Crippen molar-refractivity contribution in [3.63, 3.8) is 0 Å². The number of nitrogens with one attached hydrogen (secondary N) is 1. The summed E-state index contributed by atoms with van der Waals surface area (Å²) in [5, 5.41) is 2.79. The van der Waals surface area contributed by atoms with E-state index in [0.717, 1.165) is 18.7 Å². The fourth-order valence-electron chi connectivity index (χ4n) is 4.58. The van der Waals surface area contributed by atoms with Crippen molar-refractivity contribution in [2.45, 2.75) is 38.0 Å². The Kier molecular flexibility index (Phi) is 9.49. The summed E-state index contributed by atoms with van der Waals surface area (Å²) in [5.74, 6) is 0.863. The second kappa shape index (κ2) is 12.6. The van der Waals surface area contributed by atoms with Gasteiger partial charge in [-0.1, -0.05) is 24.1 Å². The van der Waals surface area contributed by atoms with Crippen molar-refractivity contribution in [1.82, 2.24) is 15.1 Å². The van der Waals surface area contributed by atoms with Gasteiger partial charge in [0.25, 0.3) is 0 Å². The molecule has 2 heterocycles. The van der Waals surface area contributed by atoms with Crippen LogP contribution >= 0.6 is 11.6 Å². The maximum Gasteiger partial charge on any atom is 0.324 e. The van der Waals surface area contributed by atoms with Gasteiger partial charge in [0, 0.05) is 32.1 Å². The van der Waals surface area contributed by atoms with Crippen LogP contribution in [-0.2, 0) is 19.4 Å². The first-order valence-electron chi connectivity index (χ1n) is 12.8. The van der Waals surface area contributed by atoms with E-state index >= 15 is 0 Å². The number of halogens is 1. The predicted octanol–water partition coefficient (Wildman–Crippen LogP) is 2.68. The Bertz CT molecular complexity index is 1030. The van der Waals surface area contributed by atoms with Crippen LogP contribution < -0.4 is 10.1 Å². The molecule has 1 aromatic carbocycles. The number of rotatable bonds is 14. The van der Waals surface area contributed by atoms with Crippen LogP contribution in [0.2, 0.25) is 5.02 Å². The van der Waals surface area contributed by atoms with Gasteiger partial charge in [0.1, 0.15) is 12.3 Å². The Morgan fingerprint density at radius 2 is 1.92 bits per heavy atom. The van der Waals surface area contributed by atoms with Crippen molar-refractivity contribution in [1.29, 1.82) is 0 Å². The number of benzene rings is 1. The van der Waals surface area contributed by atoms with Gasteiger partial charge in [-0.2, -0.15) is 0 Å². The van der Waals surface area contributed by atoms with Gasteiger partial charge in [0.15, 0.2) is 9.84 Å². The summed E-state index contributed by atoms with van der Waals surface area (Å²) in [5.41, 5.74) is 0.921. The molecule has 1 N–H and O–H groups in total. The summed E-state index contributed by atoms with van der Waals surface area (Å²) in [6.07, 6.45) is 4.21. The molecule has 200 valence electrons. The number of ether oxygens (including phenoxy) is 2. The lowest BCUT2D eigenvalue weighted by atomic mass is 10.00. The van der Waals surface area contributed by atoms with Gasteiger partial charge in [0.05, 0.1) is 36.3 Å². The SMILES string of the molecule is O=C1CN(CCCCCS(=O)(=O)C[C@H](CN2CCOCC2)c2ccc(Cl)c(OCC3CC3)c2)C(=O)N1. The lowest BCUT2D eigenvalue weighted by Crippen LogP contribution is -2.40. The Labute approximate surface area is 218 Å². The number of nitrogens with zero attached hydrogens (tertiary/aromatic N) is 2. The minimum Gasteiger partial charge on any atom is -0.492 e. The molecule has 1 aliphatic carbocycles. The minimum atomic E-state index is -3.32. The fraction of sp³-hybridized carbons (Fsp3) is 0.680. The summed E-state index contributed by atoms with van der Waals surface area (Å²) in [6, 6.07) is 5.25. The van der Waals surface area contributed by atoms with Gasteiger partial charge in [-0.3, -0.25) is 15.0 Å². The molecule has 0 aromatic heterocycles. The van der Waals surface area contributed by atoms with Crippen LogP contribution in [0.3, 0.4) is 0 Å². The third-order valence-corrected chi connectivity index (χ3v) is 9.02. The zero-order chi connectivity index (χ0) is 25.5. The van der Waals surface area contributed by atoms with Crippen molar-refractivity contribution >= 4 is 33.4 Å². The van der Waals surface area contributed by atoms with Gasteiger partial charge in [-0.25, -0.2) is 13.2 Å². The Morgan fingerprint density at radius 3 is 2.61 bits per heavy atom. The molecule has 0 bridgehead atoms.